The van der Waals surface area contributed by atoms with Gasteiger partial charge in [-0.2, -0.15) is 0 Å². The van der Waals surface area contributed by atoms with Gasteiger partial charge in [-0.25, -0.2) is 0 Å². The highest BCUT2D eigenvalue weighted by Crippen LogP contribution is 2.49. The van der Waals surface area contributed by atoms with Crippen LogP contribution in [0.4, 0.5) is 5.69 Å². The lowest BCUT2D eigenvalue weighted by atomic mass is 9.81. The Morgan fingerprint density at radius 2 is 1.66 bits per heavy atom. The molecule has 2 aliphatic heterocycles. The summed E-state index contributed by atoms with van der Waals surface area (Å²) in [4.78, 5) is 31.8. The van der Waals surface area contributed by atoms with Gasteiger partial charge >= 0.3 is 0 Å². The second kappa shape index (κ2) is 9.19. The number of aliphatic hydroxyl groups is 1. The van der Waals surface area contributed by atoms with Crippen molar-refractivity contribution < 1.29 is 14.7 Å². The lowest BCUT2D eigenvalue weighted by Crippen LogP contribution is -2.48. The Balaban J connectivity index is 1.59. The zero-order valence-corrected chi connectivity index (χ0v) is 20.4. The number of hydrogen-bond donors (Lipinski definition) is 1. The molecule has 0 aromatic heterocycles. The molecule has 35 heavy (non-hydrogen) atoms. The van der Waals surface area contributed by atoms with E-state index in [9.17, 15) is 14.7 Å². The van der Waals surface area contributed by atoms with E-state index in [1.165, 1.54) is 0 Å². The number of carbonyl (C=O) groups excluding carboxylic acids is 2. The summed E-state index contributed by atoms with van der Waals surface area (Å²) in [6.45, 7) is 0.699. The maximum absolute atomic E-state index is 13.5. The number of hydrogen-bond acceptors (Lipinski definition) is 4. The van der Waals surface area contributed by atoms with Gasteiger partial charge < -0.3 is 19.8 Å². The summed E-state index contributed by atoms with van der Waals surface area (Å²) in [5, 5.41) is 10.3. The minimum absolute atomic E-state index is 0.0225. The van der Waals surface area contributed by atoms with Crippen molar-refractivity contribution in [1.82, 2.24) is 9.80 Å². The van der Waals surface area contributed by atoms with Gasteiger partial charge in [0.05, 0.1) is 18.7 Å². The Hall–Kier alpha value is -3.64. The summed E-state index contributed by atoms with van der Waals surface area (Å²) >= 11 is 0. The predicted octanol–water partition coefficient (Wildman–Crippen LogP) is 4.07. The van der Waals surface area contributed by atoms with Gasteiger partial charge in [-0.05, 0) is 59.5 Å². The minimum Gasteiger partial charge on any atom is -0.394 e. The van der Waals surface area contributed by atoms with Crippen LogP contribution in [0.1, 0.15) is 38.7 Å². The highest BCUT2D eigenvalue weighted by molar-refractivity contribution is 5.96. The van der Waals surface area contributed by atoms with E-state index >= 15 is 0 Å². The SMILES string of the molecule is CN(C)C(=O)c1cccc(-c2ccc3c(c2)[C@@H]2[C@@H](CCN2C(=O)c2ccccc2)[C@@H](CO)N3C)c1. The monoisotopic (exact) mass is 469 g/mol. The molecule has 2 aliphatic rings. The Labute approximate surface area is 206 Å². The predicted molar refractivity (Wildman–Crippen MR) is 137 cm³/mol. The first kappa shape index (κ1) is 23.1. The summed E-state index contributed by atoms with van der Waals surface area (Å²) in [5.74, 6) is 0.127. The van der Waals surface area contributed by atoms with Crippen molar-refractivity contribution in [2.24, 2.45) is 5.92 Å². The van der Waals surface area contributed by atoms with E-state index in [0.29, 0.717) is 17.7 Å². The van der Waals surface area contributed by atoms with Gasteiger partial charge in [0.1, 0.15) is 0 Å². The third-order valence-electron chi connectivity index (χ3n) is 7.48. The van der Waals surface area contributed by atoms with Crippen LogP contribution in [0.5, 0.6) is 0 Å². The van der Waals surface area contributed by atoms with Gasteiger partial charge in [-0.15, -0.1) is 0 Å². The molecule has 0 spiro atoms. The van der Waals surface area contributed by atoms with Crippen LogP contribution >= 0.6 is 0 Å². The average molecular weight is 470 g/mol. The van der Waals surface area contributed by atoms with E-state index in [0.717, 1.165) is 28.8 Å². The number of anilines is 1. The highest BCUT2D eigenvalue weighted by atomic mass is 16.3. The Bertz CT molecular complexity index is 1260. The molecule has 2 heterocycles. The van der Waals surface area contributed by atoms with Gasteiger partial charge in [0.15, 0.2) is 0 Å². The molecule has 0 unspecified atom stereocenters. The maximum Gasteiger partial charge on any atom is 0.254 e. The molecule has 6 heteroatoms. The molecule has 0 radical (unpaired) electrons. The number of nitrogens with zero attached hydrogens (tertiary/aromatic N) is 3. The number of rotatable bonds is 4. The van der Waals surface area contributed by atoms with Gasteiger partial charge in [-0.3, -0.25) is 9.59 Å². The van der Waals surface area contributed by atoms with Crippen LogP contribution in [-0.4, -0.2) is 67.1 Å². The highest BCUT2D eigenvalue weighted by Gasteiger charge is 2.47. The van der Waals surface area contributed by atoms with E-state index < -0.39 is 0 Å². The Kier molecular flexibility index (Phi) is 6.07. The van der Waals surface area contributed by atoms with Gasteiger partial charge in [0.2, 0.25) is 0 Å². The number of aliphatic hydroxyl groups excluding tert-OH is 1. The van der Waals surface area contributed by atoms with Crippen LogP contribution in [-0.2, 0) is 0 Å². The third-order valence-corrected chi connectivity index (χ3v) is 7.48. The van der Waals surface area contributed by atoms with E-state index in [-0.39, 0.29) is 36.4 Å². The number of carbonyl (C=O) groups is 2. The molecule has 0 saturated carbocycles. The molecule has 6 nitrogen and oxygen atoms in total. The lowest BCUT2D eigenvalue weighted by molar-refractivity contribution is 0.0694. The standard InChI is InChI=1S/C29H31N3O3/c1-30(2)28(34)22-11-7-10-20(16-22)21-12-13-25-24(17-21)27-23(26(18-33)31(25)3)14-15-32(27)29(35)19-8-5-4-6-9-19/h4-13,16-17,23,26-27,33H,14-15,18H2,1-3H3/t23-,26+,27-/m0/s1. The van der Waals surface area contributed by atoms with Crippen molar-refractivity contribution >= 4 is 17.5 Å². The number of likely N-dealkylation sites (tertiary alicyclic amines) is 1. The molecule has 5 rings (SSSR count). The van der Waals surface area contributed by atoms with E-state index in [4.69, 9.17) is 0 Å². The molecule has 2 amide bonds. The van der Waals surface area contributed by atoms with Crippen molar-refractivity contribution in [2.75, 3.05) is 39.2 Å². The lowest BCUT2D eigenvalue weighted by Gasteiger charge is -2.44. The van der Waals surface area contributed by atoms with Crippen LogP contribution in [0, 0.1) is 5.92 Å². The first-order valence-electron chi connectivity index (χ1n) is 12.1. The summed E-state index contributed by atoms with van der Waals surface area (Å²) in [6, 6.07) is 23.2. The van der Waals surface area contributed by atoms with E-state index in [1.54, 1.807) is 19.0 Å². The fourth-order valence-electron chi connectivity index (χ4n) is 5.70. The maximum atomic E-state index is 13.5. The number of fused-ring (bicyclic) bond motifs is 3. The van der Waals surface area contributed by atoms with Crippen molar-refractivity contribution in [1.29, 1.82) is 0 Å². The zero-order chi connectivity index (χ0) is 24.7. The zero-order valence-electron chi connectivity index (χ0n) is 20.4. The van der Waals surface area contributed by atoms with Crippen LogP contribution in [0.25, 0.3) is 11.1 Å². The summed E-state index contributed by atoms with van der Waals surface area (Å²) in [5.41, 5.74) is 5.41. The van der Waals surface area contributed by atoms with Crippen molar-refractivity contribution in [3.05, 3.63) is 89.5 Å². The number of benzene rings is 3. The van der Waals surface area contributed by atoms with Crippen LogP contribution in [0.3, 0.4) is 0 Å². The molecule has 0 bridgehead atoms. The largest absolute Gasteiger partial charge is 0.394 e. The fourth-order valence-corrected chi connectivity index (χ4v) is 5.70. The van der Waals surface area contributed by atoms with Crippen molar-refractivity contribution in [2.45, 2.75) is 18.5 Å². The summed E-state index contributed by atoms with van der Waals surface area (Å²) < 4.78 is 0. The molecule has 3 atom stereocenters. The second-order valence-electron chi connectivity index (χ2n) is 9.68. The normalized spacial score (nSPS) is 20.9. The summed E-state index contributed by atoms with van der Waals surface area (Å²) in [6.07, 6.45) is 0.843. The van der Waals surface area contributed by atoms with E-state index in [2.05, 4.69) is 23.1 Å². The Morgan fingerprint density at radius 1 is 0.943 bits per heavy atom. The van der Waals surface area contributed by atoms with Gasteiger partial charge in [0.25, 0.3) is 11.8 Å². The van der Waals surface area contributed by atoms with Gasteiger partial charge in [-0.1, -0.05) is 36.4 Å². The smallest absolute Gasteiger partial charge is 0.254 e. The summed E-state index contributed by atoms with van der Waals surface area (Å²) in [7, 11) is 5.52. The fraction of sp³-hybridized carbons (Fsp3) is 0.310. The van der Waals surface area contributed by atoms with Crippen LogP contribution in [0.2, 0.25) is 0 Å². The molecular weight excluding hydrogens is 438 g/mol. The quantitative estimate of drug-likeness (QED) is 0.626. The first-order valence-corrected chi connectivity index (χ1v) is 12.1. The number of likely N-dealkylation sites (N-methyl/N-ethyl adjacent to an activating group) is 1. The molecule has 1 N–H and O–H groups in total. The van der Waals surface area contributed by atoms with Crippen LogP contribution in [0.15, 0.2) is 72.8 Å². The average Bonchev–Trinajstić information content (AvgIpc) is 3.33. The molecule has 3 aromatic rings. The molecule has 0 aliphatic carbocycles. The number of amides is 2. The third kappa shape index (κ3) is 3.98. The molecule has 3 aromatic carbocycles. The second-order valence-corrected chi connectivity index (χ2v) is 9.68. The van der Waals surface area contributed by atoms with Gasteiger partial charge in [0, 0.05) is 50.4 Å². The molecule has 180 valence electrons. The Morgan fingerprint density at radius 3 is 2.37 bits per heavy atom. The topological polar surface area (TPSA) is 64.1 Å². The molecule has 1 saturated heterocycles. The first-order chi connectivity index (χ1) is 16.9. The van der Waals surface area contributed by atoms with E-state index in [1.807, 2.05) is 66.5 Å². The van der Waals surface area contributed by atoms with Crippen molar-refractivity contribution in [3.8, 4) is 11.1 Å². The molecular formula is C29H31N3O3. The van der Waals surface area contributed by atoms with Crippen LogP contribution < -0.4 is 4.90 Å². The van der Waals surface area contributed by atoms with Crippen molar-refractivity contribution in [3.63, 3.8) is 0 Å². The molecule has 1 fully saturated rings. The minimum atomic E-state index is -0.113.